The molecule has 3 N–H and O–H groups in total. The Bertz CT molecular complexity index is 1470. The largest absolute Gasteiger partial charge is 0.760 e. The van der Waals surface area contributed by atoms with E-state index in [9.17, 15) is 13.2 Å². The highest BCUT2D eigenvalue weighted by atomic mass is 32.2. The Kier molecular flexibility index (Phi) is 7.84. The molecular formula is C26H25F2N6O3S-. The van der Waals surface area contributed by atoms with Crippen molar-refractivity contribution in [1.82, 2.24) is 19.7 Å². The van der Waals surface area contributed by atoms with Crippen molar-refractivity contribution < 1.29 is 22.3 Å². The van der Waals surface area contributed by atoms with Crippen LogP contribution >= 0.6 is 0 Å². The van der Waals surface area contributed by atoms with E-state index in [4.69, 9.17) is 20.4 Å². The smallest absolute Gasteiger partial charge is 0.163 e. The van der Waals surface area contributed by atoms with E-state index in [1.807, 2.05) is 6.07 Å². The van der Waals surface area contributed by atoms with E-state index in [1.54, 1.807) is 42.6 Å². The Morgan fingerprint density at radius 1 is 1.13 bits per heavy atom. The molecule has 4 aromatic rings. The van der Waals surface area contributed by atoms with Crippen molar-refractivity contribution in [3.05, 3.63) is 66.1 Å². The topological polar surface area (TPSA) is 129 Å². The molecule has 2 aromatic heterocycles. The van der Waals surface area contributed by atoms with Crippen LogP contribution in [0.25, 0.3) is 33.4 Å². The van der Waals surface area contributed by atoms with Gasteiger partial charge in [-0.2, -0.15) is 0 Å². The molecule has 1 aliphatic heterocycles. The molecule has 0 aliphatic carbocycles. The van der Waals surface area contributed by atoms with Crippen molar-refractivity contribution >= 4 is 33.8 Å². The lowest BCUT2D eigenvalue weighted by Gasteiger charge is -2.29. The summed E-state index contributed by atoms with van der Waals surface area (Å²) in [5, 5.41) is 0.722. The Morgan fingerprint density at radius 3 is 2.66 bits per heavy atom. The summed E-state index contributed by atoms with van der Waals surface area (Å²) in [6.45, 7) is 2.22. The molecule has 198 valence electrons. The average molecular weight is 540 g/mol. The van der Waals surface area contributed by atoms with Gasteiger partial charge in [0.05, 0.1) is 18.7 Å². The van der Waals surface area contributed by atoms with E-state index in [0.717, 1.165) is 5.39 Å². The van der Waals surface area contributed by atoms with Crippen LogP contribution in [0.1, 0.15) is 18.2 Å². The molecule has 1 aliphatic rings. The van der Waals surface area contributed by atoms with Gasteiger partial charge in [-0.3, -0.25) is 4.21 Å². The monoisotopic (exact) mass is 539 g/mol. The number of alkyl halides is 1. The summed E-state index contributed by atoms with van der Waals surface area (Å²) in [5.41, 5.74) is 7.75. The lowest BCUT2D eigenvalue weighted by molar-refractivity contribution is 0.122. The molecule has 38 heavy (non-hydrogen) atoms. The second-order valence-corrected chi connectivity index (χ2v) is 9.53. The average Bonchev–Trinajstić information content (AvgIpc) is 2.93. The quantitative estimate of drug-likeness (QED) is 0.324. The highest BCUT2D eigenvalue weighted by Crippen LogP contribution is 2.35. The van der Waals surface area contributed by atoms with E-state index in [2.05, 4.69) is 14.6 Å². The number of halogens is 2. The number of ether oxygens (including phenoxy) is 1. The molecule has 12 heteroatoms. The fourth-order valence-electron chi connectivity index (χ4n) is 4.40. The predicted octanol–water partition coefficient (Wildman–Crippen LogP) is 3.70. The van der Waals surface area contributed by atoms with Gasteiger partial charge in [-0.25, -0.2) is 28.5 Å². The number of nitrogens with one attached hydrogen (secondary N) is 1. The maximum absolute atomic E-state index is 15.5. The van der Waals surface area contributed by atoms with Gasteiger partial charge < -0.3 is 19.9 Å². The third kappa shape index (κ3) is 5.63. The number of pyridine rings is 1. The van der Waals surface area contributed by atoms with E-state index in [0.29, 0.717) is 60.4 Å². The van der Waals surface area contributed by atoms with Crippen molar-refractivity contribution in [2.24, 2.45) is 0 Å². The lowest BCUT2D eigenvalue weighted by atomic mass is 9.97. The number of nitrogens with zero attached hydrogens (tertiary/aromatic N) is 4. The molecule has 0 amide bonds. The van der Waals surface area contributed by atoms with Gasteiger partial charge in [0.25, 0.3) is 0 Å². The third-order valence-electron chi connectivity index (χ3n) is 6.33. The molecule has 0 bridgehead atoms. The summed E-state index contributed by atoms with van der Waals surface area (Å²) in [6.07, 6.45) is -0.245. The minimum absolute atomic E-state index is 0.128. The number of morpholine rings is 1. The van der Waals surface area contributed by atoms with Gasteiger partial charge in [0.1, 0.15) is 23.6 Å². The Labute approximate surface area is 220 Å². The first-order chi connectivity index (χ1) is 18.4. The molecule has 1 saturated heterocycles. The summed E-state index contributed by atoms with van der Waals surface area (Å²) >= 11 is -2.50. The van der Waals surface area contributed by atoms with Gasteiger partial charge in [0.15, 0.2) is 5.82 Å². The molecule has 2 atom stereocenters. The number of anilines is 2. The fourth-order valence-corrected chi connectivity index (χ4v) is 4.69. The van der Waals surface area contributed by atoms with Gasteiger partial charge in [0.2, 0.25) is 0 Å². The molecular weight excluding hydrogens is 514 g/mol. The number of nitrogen functional groups attached to an aromatic ring is 1. The number of hydrogen-bond acceptors (Lipinski definition) is 8. The number of hydrogen-bond donors (Lipinski definition) is 2. The van der Waals surface area contributed by atoms with Crippen LogP contribution in [-0.2, 0) is 16.0 Å². The summed E-state index contributed by atoms with van der Waals surface area (Å²) in [4.78, 5) is 15.8. The predicted molar refractivity (Wildman–Crippen MR) is 141 cm³/mol. The van der Waals surface area contributed by atoms with E-state index in [-0.39, 0.29) is 24.1 Å². The normalized spacial score (nSPS) is 15.5. The molecule has 1 fully saturated rings. The van der Waals surface area contributed by atoms with Crippen molar-refractivity contribution in [1.29, 1.82) is 0 Å². The number of fused-ring (bicyclic) bond motifs is 1. The molecule has 5 rings (SSSR count). The molecule has 3 heterocycles. The fraction of sp³-hybridized carbons (Fsp3) is 0.269. The van der Waals surface area contributed by atoms with Crippen molar-refractivity contribution in [3.8, 4) is 22.5 Å². The molecule has 9 nitrogen and oxygen atoms in total. The first kappa shape index (κ1) is 26.0. The van der Waals surface area contributed by atoms with Crippen LogP contribution in [0.15, 0.2) is 54.7 Å². The van der Waals surface area contributed by atoms with Gasteiger partial charge in [-0.1, -0.05) is 24.3 Å². The van der Waals surface area contributed by atoms with Gasteiger partial charge >= 0.3 is 0 Å². The Morgan fingerprint density at radius 2 is 1.92 bits per heavy atom. The van der Waals surface area contributed by atoms with E-state index >= 15 is 4.39 Å². The first-order valence-electron chi connectivity index (χ1n) is 12.0. The van der Waals surface area contributed by atoms with Crippen LogP contribution in [0, 0.1) is 5.82 Å². The van der Waals surface area contributed by atoms with Gasteiger partial charge in [-0.15, -0.1) is 0 Å². The van der Waals surface area contributed by atoms with Crippen molar-refractivity contribution in [3.63, 3.8) is 0 Å². The Balaban J connectivity index is 1.56. The second-order valence-electron chi connectivity index (χ2n) is 8.77. The third-order valence-corrected chi connectivity index (χ3v) is 6.77. The number of nitrogens with two attached hydrogens (primary N) is 1. The van der Waals surface area contributed by atoms with Crippen LogP contribution in [-0.4, -0.2) is 56.6 Å². The first-order valence-corrected chi connectivity index (χ1v) is 13.1. The molecule has 2 aromatic carbocycles. The standard InChI is InChI=1S/C26H26F2N6O3S/c27-21(8-9-31-38(35)36)19-3-1-2-18(24(19)28)16-4-6-22-20(14-16)26(34-10-12-37-13-11-34)33-25(32-22)17-5-7-23(29)30-15-17/h1-7,14-15,21,31H,8-13H2,(H2,29,30)(H,35,36)/p-1. The van der Waals surface area contributed by atoms with Gasteiger partial charge in [0, 0.05) is 59.2 Å². The minimum Gasteiger partial charge on any atom is -0.760 e. The summed E-state index contributed by atoms with van der Waals surface area (Å²) < 4.78 is 59.2. The van der Waals surface area contributed by atoms with Crippen molar-refractivity contribution in [2.45, 2.75) is 12.6 Å². The molecule has 2 unspecified atom stereocenters. The highest BCUT2D eigenvalue weighted by molar-refractivity contribution is 7.77. The van der Waals surface area contributed by atoms with Gasteiger partial charge in [-0.05, 0) is 36.2 Å². The zero-order valence-corrected chi connectivity index (χ0v) is 21.1. The molecule has 0 radical (unpaired) electrons. The van der Waals surface area contributed by atoms with E-state index < -0.39 is 23.3 Å². The van der Waals surface area contributed by atoms with Crippen LogP contribution in [0.4, 0.5) is 20.4 Å². The summed E-state index contributed by atoms with van der Waals surface area (Å²) in [7, 11) is 0. The number of aromatic nitrogens is 3. The number of rotatable bonds is 8. The van der Waals surface area contributed by atoms with E-state index in [1.165, 1.54) is 6.07 Å². The van der Waals surface area contributed by atoms with Crippen LogP contribution in [0.5, 0.6) is 0 Å². The maximum atomic E-state index is 15.5. The van der Waals surface area contributed by atoms with Crippen LogP contribution in [0.3, 0.4) is 0 Å². The van der Waals surface area contributed by atoms with Crippen molar-refractivity contribution in [2.75, 3.05) is 43.5 Å². The minimum atomic E-state index is -2.50. The zero-order valence-electron chi connectivity index (χ0n) is 20.3. The molecule has 0 spiro atoms. The second kappa shape index (κ2) is 11.4. The van der Waals surface area contributed by atoms with Crippen LogP contribution < -0.4 is 15.4 Å². The lowest BCUT2D eigenvalue weighted by Crippen LogP contribution is -2.37. The van der Waals surface area contributed by atoms with Crippen LogP contribution in [0.2, 0.25) is 0 Å². The summed E-state index contributed by atoms with van der Waals surface area (Å²) in [5.74, 6) is 0.869. The Hall–Kier alpha value is -3.58. The summed E-state index contributed by atoms with van der Waals surface area (Å²) in [6, 6.07) is 13.4. The SMILES string of the molecule is Nc1ccc(-c2nc(N3CCOCC3)c3cc(-c4cccc(C(F)CCNS(=O)[O-])c4F)ccc3n2)cn1. The number of benzene rings is 2. The molecule has 0 saturated carbocycles. The highest BCUT2D eigenvalue weighted by Gasteiger charge is 2.21. The zero-order chi connectivity index (χ0) is 26.6. The maximum Gasteiger partial charge on any atom is 0.163 e.